The van der Waals surface area contributed by atoms with Gasteiger partial charge in [0.05, 0.1) is 0 Å². The van der Waals surface area contributed by atoms with Gasteiger partial charge in [0.2, 0.25) is 0 Å². The van der Waals surface area contributed by atoms with E-state index in [9.17, 15) is 0 Å². The summed E-state index contributed by atoms with van der Waals surface area (Å²) in [6, 6.07) is 17.6. The summed E-state index contributed by atoms with van der Waals surface area (Å²) < 4.78 is 0. The Morgan fingerprint density at radius 2 is 1.69 bits per heavy atom. The zero-order valence-corrected chi connectivity index (χ0v) is 9.61. The summed E-state index contributed by atoms with van der Waals surface area (Å²) in [6.45, 7) is 2.22. The van der Waals surface area contributed by atoms with Crippen molar-refractivity contribution in [2.24, 2.45) is 0 Å². The molecule has 0 heterocycles. The number of rotatable bonds is 2. The predicted octanol–water partition coefficient (Wildman–Crippen LogP) is 4.54. The van der Waals surface area contributed by atoms with Crippen LogP contribution in [0, 0.1) is 6.92 Å². The lowest BCUT2D eigenvalue weighted by atomic mass is 9.97. The van der Waals surface area contributed by atoms with Gasteiger partial charge in [0.15, 0.2) is 0 Å². The Balaban J connectivity index is 2.02. The fraction of sp³-hybridized carbons (Fsp3) is 0.250. The Bertz CT molecular complexity index is 493. The summed E-state index contributed by atoms with van der Waals surface area (Å²) in [6.07, 6.45) is 2.76. The second-order valence-corrected chi connectivity index (χ2v) is 4.71. The molecular formula is C16H16. The van der Waals surface area contributed by atoms with Crippen LogP contribution in [0.4, 0.5) is 0 Å². The van der Waals surface area contributed by atoms with Crippen molar-refractivity contribution in [3.8, 4) is 11.1 Å². The minimum absolute atomic E-state index is 0.850. The molecular weight excluding hydrogens is 192 g/mol. The standard InChI is InChI=1S/C16H16/c1-12-11-15(13-7-8-13)9-10-16(12)14-5-3-2-4-6-14/h2-6,9-11,13H,7-8H2,1H3. The summed E-state index contributed by atoms with van der Waals surface area (Å²) in [5.41, 5.74) is 5.61. The normalized spacial score (nSPS) is 15.1. The van der Waals surface area contributed by atoms with Crippen molar-refractivity contribution in [2.75, 3.05) is 0 Å². The minimum Gasteiger partial charge on any atom is -0.0622 e. The summed E-state index contributed by atoms with van der Waals surface area (Å²) in [5.74, 6) is 0.850. The van der Waals surface area contributed by atoms with Gasteiger partial charge in [-0.1, -0.05) is 48.5 Å². The molecule has 1 saturated carbocycles. The van der Waals surface area contributed by atoms with Gasteiger partial charge in [-0.3, -0.25) is 0 Å². The van der Waals surface area contributed by atoms with Crippen LogP contribution < -0.4 is 0 Å². The molecule has 0 unspecified atom stereocenters. The summed E-state index contributed by atoms with van der Waals surface area (Å²) in [5, 5.41) is 0. The van der Waals surface area contributed by atoms with Crippen LogP contribution in [-0.2, 0) is 0 Å². The first-order valence-corrected chi connectivity index (χ1v) is 6.00. The Morgan fingerprint density at radius 3 is 2.31 bits per heavy atom. The van der Waals surface area contributed by atoms with E-state index in [0.717, 1.165) is 5.92 Å². The number of hydrogen-bond acceptors (Lipinski definition) is 0. The van der Waals surface area contributed by atoms with Crippen LogP contribution >= 0.6 is 0 Å². The van der Waals surface area contributed by atoms with Crippen molar-refractivity contribution in [1.82, 2.24) is 0 Å². The second-order valence-electron chi connectivity index (χ2n) is 4.71. The zero-order valence-electron chi connectivity index (χ0n) is 9.61. The molecule has 0 N–H and O–H groups in total. The highest BCUT2D eigenvalue weighted by atomic mass is 14.3. The predicted molar refractivity (Wildman–Crippen MR) is 68.6 cm³/mol. The molecule has 0 atom stereocenters. The molecule has 0 aromatic heterocycles. The van der Waals surface area contributed by atoms with E-state index < -0.39 is 0 Å². The zero-order chi connectivity index (χ0) is 11.0. The van der Waals surface area contributed by atoms with Gasteiger partial charge in [-0.05, 0) is 47.9 Å². The summed E-state index contributed by atoms with van der Waals surface area (Å²) >= 11 is 0. The van der Waals surface area contributed by atoms with E-state index in [1.807, 2.05) is 0 Å². The largest absolute Gasteiger partial charge is 0.0622 e. The molecule has 2 aromatic carbocycles. The quantitative estimate of drug-likeness (QED) is 0.679. The molecule has 1 aliphatic rings. The van der Waals surface area contributed by atoms with Gasteiger partial charge < -0.3 is 0 Å². The molecule has 0 aliphatic heterocycles. The third-order valence-electron chi connectivity index (χ3n) is 3.38. The molecule has 0 radical (unpaired) electrons. The molecule has 0 amide bonds. The third kappa shape index (κ3) is 1.76. The smallest absolute Gasteiger partial charge is 0.0155 e. The minimum atomic E-state index is 0.850. The Kier molecular flexibility index (Phi) is 2.28. The lowest BCUT2D eigenvalue weighted by molar-refractivity contribution is 1.12. The molecule has 0 saturated heterocycles. The van der Waals surface area contributed by atoms with Crippen molar-refractivity contribution < 1.29 is 0 Å². The van der Waals surface area contributed by atoms with Crippen LogP contribution in [0.15, 0.2) is 48.5 Å². The average Bonchev–Trinajstić information content (AvgIpc) is 3.14. The first-order valence-electron chi connectivity index (χ1n) is 6.00. The maximum absolute atomic E-state index is 2.36. The molecule has 1 fully saturated rings. The highest BCUT2D eigenvalue weighted by Crippen LogP contribution is 2.41. The number of hydrogen-bond donors (Lipinski definition) is 0. The van der Waals surface area contributed by atoms with Gasteiger partial charge in [-0.15, -0.1) is 0 Å². The van der Waals surface area contributed by atoms with Crippen molar-refractivity contribution in [3.63, 3.8) is 0 Å². The van der Waals surface area contributed by atoms with E-state index in [1.165, 1.54) is 35.1 Å². The molecule has 3 rings (SSSR count). The number of benzene rings is 2. The van der Waals surface area contributed by atoms with Crippen molar-refractivity contribution in [2.45, 2.75) is 25.7 Å². The van der Waals surface area contributed by atoms with E-state index in [4.69, 9.17) is 0 Å². The molecule has 2 aromatic rings. The van der Waals surface area contributed by atoms with Crippen LogP contribution in [0.5, 0.6) is 0 Å². The number of aryl methyl sites for hydroxylation is 1. The summed E-state index contributed by atoms with van der Waals surface area (Å²) in [7, 11) is 0. The topological polar surface area (TPSA) is 0 Å². The van der Waals surface area contributed by atoms with E-state index in [-0.39, 0.29) is 0 Å². The molecule has 0 spiro atoms. The molecule has 0 nitrogen and oxygen atoms in total. The molecule has 16 heavy (non-hydrogen) atoms. The molecule has 0 bridgehead atoms. The van der Waals surface area contributed by atoms with E-state index in [2.05, 4.69) is 55.5 Å². The van der Waals surface area contributed by atoms with E-state index >= 15 is 0 Å². The van der Waals surface area contributed by atoms with Crippen molar-refractivity contribution >= 4 is 0 Å². The fourth-order valence-electron chi connectivity index (χ4n) is 2.30. The third-order valence-corrected chi connectivity index (χ3v) is 3.38. The highest BCUT2D eigenvalue weighted by Gasteiger charge is 2.23. The molecule has 80 valence electrons. The van der Waals surface area contributed by atoms with Crippen molar-refractivity contribution in [3.05, 3.63) is 59.7 Å². The molecule has 1 aliphatic carbocycles. The monoisotopic (exact) mass is 208 g/mol. The lowest BCUT2D eigenvalue weighted by Crippen LogP contribution is -1.86. The van der Waals surface area contributed by atoms with Gasteiger partial charge in [-0.2, -0.15) is 0 Å². The van der Waals surface area contributed by atoms with Crippen LogP contribution in [0.2, 0.25) is 0 Å². The van der Waals surface area contributed by atoms with E-state index in [0.29, 0.717) is 0 Å². The Labute approximate surface area is 96.9 Å². The van der Waals surface area contributed by atoms with Gasteiger partial charge in [-0.25, -0.2) is 0 Å². The van der Waals surface area contributed by atoms with Gasteiger partial charge in [0.1, 0.15) is 0 Å². The maximum atomic E-state index is 2.36. The SMILES string of the molecule is Cc1cc(C2CC2)ccc1-c1ccccc1. The first kappa shape index (κ1) is 9.65. The Hall–Kier alpha value is -1.56. The van der Waals surface area contributed by atoms with E-state index in [1.54, 1.807) is 0 Å². The van der Waals surface area contributed by atoms with Crippen LogP contribution in [0.3, 0.4) is 0 Å². The lowest BCUT2D eigenvalue weighted by Gasteiger charge is -2.08. The van der Waals surface area contributed by atoms with Gasteiger partial charge >= 0.3 is 0 Å². The highest BCUT2D eigenvalue weighted by molar-refractivity contribution is 5.67. The van der Waals surface area contributed by atoms with Crippen LogP contribution in [0.25, 0.3) is 11.1 Å². The van der Waals surface area contributed by atoms with Crippen molar-refractivity contribution in [1.29, 1.82) is 0 Å². The summed E-state index contributed by atoms with van der Waals surface area (Å²) in [4.78, 5) is 0. The van der Waals surface area contributed by atoms with Gasteiger partial charge in [0.25, 0.3) is 0 Å². The maximum Gasteiger partial charge on any atom is -0.0155 e. The first-order chi connectivity index (χ1) is 7.84. The Morgan fingerprint density at radius 1 is 0.938 bits per heavy atom. The van der Waals surface area contributed by atoms with Gasteiger partial charge in [0, 0.05) is 0 Å². The second kappa shape index (κ2) is 3.79. The fourth-order valence-corrected chi connectivity index (χ4v) is 2.30. The van der Waals surface area contributed by atoms with Crippen LogP contribution in [0.1, 0.15) is 29.9 Å². The molecule has 0 heteroatoms. The van der Waals surface area contributed by atoms with Crippen LogP contribution in [-0.4, -0.2) is 0 Å². The average molecular weight is 208 g/mol.